The molecule has 0 heterocycles. The van der Waals surface area contributed by atoms with Gasteiger partial charge in [0.1, 0.15) is 0 Å². The summed E-state index contributed by atoms with van der Waals surface area (Å²) in [7, 11) is 0. The van der Waals surface area contributed by atoms with Crippen LogP contribution in [-0.2, 0) is 6.42 Å². The summed E-state index contributed by atoms with van der Waals surface area (Å²) in [4.78, 5) is 0. The summed E-state index contributed by atoms with van der Waals surface area (Å²) >= 11 is 5.98. The smallest absolute Gasteiger partial charge is 0.0254 e. The number of hydrogen-bond donors (Lipinski definition) is 0. The van der Waals surface area contributed by atoms with Gasteiger partial charge in [0.25, 0.3) is 0 Å². The van der Waals surface area contributed by atoms with E-state index < -0.39 is 0 Å². The normalized spacial score (nSPS) is 12.7. The third-order valence-electron chi connectivity index (χ3n) is 2.83. The number of halogens is 1. The Bertz CT molecular complexity index is 263. The average Bonchev–Trinajstić information content (AvgIpc) is 2.27. The topological polar surface area (TPSA) is 0 Å². The summed E-state index contributed by atoms with van der Waals surface area (Å²) in [5.41, 5.74) is 2.75. The van der Waals surface area contributed by atoms with Crippen molar-refractivity contribution in [3.8, 4) is 0 Å². The zero-order chi connectivity index (χ0) is 11.1. The number of hydrogen-bond acceptors (Lipinski definition) is 0. The molecule has 1 aromatic carbocycles. The highest BCUT2D eigenvalue weighted by atomic mass is 35.5. The van der Waals surface area contributed by atoms with Crippen LogP contribution >= 0.6 is 11.6 Å². The minimum Gasteiger partial charge on any atom is -0.126 e. The van der Waals surface area contributed by atoms with Gasteiger partial charge < -0.3 is 0 Å². The van der Waals surface area contributed by atoms with Crippen molar-refractivity contribution >= 4 is 11.6 Å². The molecule has 0 aromatic heterocycles. The molecule has 0 nitrogen and oxygen atoms in total. The van der Waals surface area contributed by atoms with Crippen LogP contribution in [0.4, 0.5) is 0 Å². The number of unbranched alkanes of at least 4 members (excludes halogenated alkanes) is 1. The van der Waals surface area contributed by atoms with E-state index in [2.05, 4.69) is 38.1 Å². The lowest BCUT2D eigenvalue weighted by molar-refractivity contribution is 0.509. The molecular formula is C14H21Cl. The van der Waals surface area contributed by atoms with Crippen molar-refractivity contribution in [1.82, 2.24) is 0 Å². The quantitative estimate of drug-likeness (QED) is 0.621. The van der Waals surface area contributed by atoms with Gasteiger partial charge in [-0.3, -0.25) is 0 Å². The standard InChI is InChI=1S/C14H21Cl/c1-3-4-5-14(11-15)10-13-8-6-12(2)7-9-13/h6-9,14H,3-5,10-11H2,1-2H3. The predicted molar refractivity (Wildman–Crippen MR) is 68.6 cm³/mol. The summed E-state index contributed by atoms with van der Waals surface area (Å²) in [6.45, 7) is 4.36. The average molecular weight is 225 g/mol. The molecule has 84 valence electrons. The molecule has 0 aliphatic heterocycles. The summed E-state index contributed by atoms with van der Waals surface area (Å²) in [5, 5.41) is 0. The highest BCUT2D eigenvalue weighted by Gasteiger charge is 2.07. The van der Waals surface area contributed by atoms with E-state index in [1.807, 2.05) is 0 Å². The Morgan fingerprint density at radius 3 is 2.40 bits per heavy atom. The lowest BCUT2D eigenvalue weighted by atomic mass is 9.95. The van der Waals surface area contributed by atoms with Crippen LogP contribution in [0, 0.1) is 12.8 Å². The Morgan fingerprint density at radius 1 is 1.20 bits per heavy atom. The van der Waals surface area contributed by atoms with Gasteiger partial charge in [0, 0.05) is 5.88 Å². The predicted octanol–water partition coefficient (Wildman–Crippen LogP) is 4.58. The zero-order valence-electron chi connectivity index (χ0n) is 9.80. The number of aryl methyl sites for hydroxylation is 1. The summed E-state index contributed by atoms with van der Waals surface area (Å²) in [6.07, 6.45) is 4.95. The van der Waals surface area contributed by atoms with Crippen molar-refractivity contribution in [2.75, 3.05) is 5.88 Å². The molecule has 0 saturated carbocycles. The lowest BCUT2D eigenvalue weighted by Crippen LogP contribution is -2.06. The van der Waals surface area contributed by atoms with E-state index in [1.54, 1.807) is 0 Å². The molecule has 1 aromatic rings. The number of benzene rings is 1. The Kier molecular flexibility index (Phi) is 5.78. The van der Waals surface area contributed by atoms with Crippen LogP contribution in [0.25, 0.3) is 0 Å². The molecular weight excluding hydrogens is 204 g/mol. The van der Waals surface area contributed by atoms with E-state index >= 15 is 0 Å². The Morgan fingerprint density at radius 2 is 1.87 bits per heavy atom. The van der Waals surface area contributed by atoms with Crippen LogP contribution in [0.2, 0.25) is 0 Å². The van der Waals surface area contributed by atoms with Crippen molar-refractivity contribution in [3.63, 3.8) is 0 Å². The van der Waals surface area contributed by atoms with E-state index in [0.29, 0.717) is 5.92 Å². The first kappa shape index (κ1) is 12.6. The summed E-state index contributed by atoms with van der Waals surface area (Å²) in [6, 6.07) is 8.81. The van der Waals surface area contributed by atoms with E-state index in [1.165, 1.54) is 30.4 Å². The molecule has 0 saturated heterocycles. The van der Waals surface area contributed by atoms with Crippen LogP contribution in [-0.4, -0.2) is 5.88 Å². The molecule has 1 atom stereocenters. The van der Waals surface area contributed by atoms with Gasteiger partial charge in [-0.25, -0.2) is 0 Å². The molecule has 0 radical (unpaired) electrons. The molecule has 1 rings (SSSR count). The van der Waals surface area contributed by atoms with Gasteiger partial charge in [0.2, 0.25) is 0 Å². The third kappa shape index (κ3) is 4.70. The highest BCUT2D eigenvalue weighted by Crippen LogP contribution is 2.17. The van der Waals surface area contributed by atoms with Gasteiger partial charge >= 0.3 is 0 Å². The fourth-order valence-corrected chi connectivity index (χ4v) is 2.05. The highest BCUT2D eigenvalue weighted by molar-refractivity contribution is 6.18. The first-order chi connectivity index (χ1) is 7.26. The van der Waals surface area contributed by atoms with Crippen molar-refractivity contribution in [2.45, 2.75) is 39.5 Å². The van der Waals surface area contributed by atoms with Gasteiger partial charge in [0.15, 0.2) is 0 Å². The molecule has 1 unspecified atom stereocenters. The maximum absolute atomic E-state index is 5.98. The van der Waals surface area contributed by atoms with Crippen molar-refractivity contribution in [3.05, 3.63) is 35.4 Å². The molecule has 0 amide bonds. The Labute approximate surface area is 98.7 Å². The molecule has 0 spiro atoms. The number of alkyl halides is 1. The van der Waals surface area contributed by atoms with E-state index in [4.69, 9.17) is 11.6 Å². The van der Waals surface area contributed by atoms with Gasteiger partial charge in [-0.15, -0.1) is 11.6 Å². The van der Waals surface area contributed by atoms with E-state index in [9.17, 15) is 0 Å². The van der Waals surface area contributed by atoms with Gasteiger partial charge in [-0.05, 0) is 31.2 Å². The van der Waals surface area contributed by atoms with Crippen LogP contribution in [0.5, 0.6) is 0 Å². The third-order valence-corrected chi connectivity index (χ3v) is 3.27. The van der Waals surface area contributed by atoms with Gasteiger partial charge in [-0.1, -0.05) is 49.6 Å². The minimum absolute atomic E-state index is 0.648. The number of rotatable bonds is 6. The second-order valence-corrected chi connectivity index (χ2v) is 4.66. The molecule has 0 aliphatic carbocycles. The maximum Gasteiger partial charge on any atom is 0.0254 e. The molecule has 15 heavy (non-hydrogen) atoms. The van der Waals surface area contributed by atoms with E-state index in [-0.39, 0.29) is 0 Å². The van der Waals surface area contributed by atoms with Crippen LogP contribution in [0.1, 0.15) is 37.3 Å². The Balaban J connectivity index is 2.47. The maximum atomic E-state index is 5.98. The fourth-order valence-electron chi connectivity index (χ4n) is 1.78. The molecule has 0 fully saturated rings. The second kappa shape index (κ2) is 6.90. The molecule has 0 aliphatic rings. The van der Waals surface area contributed by atoms with Crippen LogP contribution in [0.15, 0.2) is 24.3 Å². The summed E-state index contributed by atoms with van der Waals surface area (Å²) in [5.74, 6) is 1.43. The Hall–Kier alpha value is -0.490. The first-order valence-electron chi connectivity index (χ1n) is 5.87. The van der Waals surface area contributed by atoms with E-state index in [0.717, 1.165) is 12.3 Å². The molecule has 0 N–H and O–H groups in total. The SMILES string of the molecule is CCCCC(CCl)Cc1ccc(C)cc1. The zero-order valence-corrected chi connectivity index (χ0v) is 10.6. The summed E-state index contributed by atoms with van der Waals surface area (Å²) < 4.78 is 0. The fraction of sp³-hybridized carbons (Fsp3) is 0.571. The lowest BCUT2D eigenvalue weighted by Gasteiger charge is -2.13. The minimum atomic E-state index is 0.648. The van der Waals surface area contributed by atoms with Crippen molar-refractivity contribution in [1.29, 1.82) is 0 Å². The van der Waals surface area contributed by atoms with Gasteiger partial charge in [-0.2, -0.15) is 0 Å². The van der Waals surface area contributed by atoms with Crippen molar-refractivity contribution in [2.24, 2.45) is 5.92 Å². The van der Waals surface area contributed by atoms with Gasteiger partial charge in [0.05, 0.1) is 0 Å². The van der Waals surface area contributed by atoms with Crippen LogP contribution in [0.3, 0.4) is 0 Å². The van der Waals surface area contributed by atoms with Crippen molar-refractivity contribution < 1.29 is 0 Å². The molecule has 1 heteroatoms. The molecule has 0 bridgehead atoms. The first-order valence-corrected chi connectivity index (χ1v) is 6.41. The van der Waals surface area contributed by atoms with Crippen LogP contribution < -0.4 is 0 Å². The largest absolute Gasteiger partial charge is 0.126 e. The second-order valence-electron chi connectivity index (χ2n) is 4.35. The monoisotopic (exact) mass is 224 g/mol.